The molecule has 2 aromatic rings. The molecule has 5 nitrogen and oxygen atoms in total. The SMILES string of the molecule is Cc1nn(CCO)c(C)c1CN1CCN(c2cccc(Cl)c2)CC1. The molecule has 0 unspecified atom stereocenters. The first-order chi connectivity index (χ1) is 11.6. The molecule has 3 rings (SSSR count). The summed E-state index contributed by atoms with van der Waals surface area (Å²) in [4.78, 5) is 4.86. The largest absolute Gasteiger partial charge is 0.394 e. The van der Waals surface area contributed by atoms with Crippen LogP contribution in [0, 0.1) is 13.8 Å². The van der Waals surface area contributed by atoms with Gasteiger partial charge in [-0.15, -0.1) is 0 Å². The summed E-state index contributed by atoms with van der Waals surface area (Å²) in [6.07, 6.45) is 0. The minimum absolute atomic E-state index is 0.125. The van der Waals surface area contributed by atoms with Gasteiger partial charge >= 0.3 is 0 Å². The maximum Gasteiger partial charge on any atom is 0.0644 e. The fraction of sp³-hybridized carbons (Fsp3) is 0.500. The fourth-order valence-electron chi connectivity index (χ4n) is 3.34. The van der Waals surface area contributed by atoms with Gasteiger partial charge in [-0.2, -0.15) is 5.10 Å². The lowest BCUT2D eigenvalue weighted by molar-refractivity contribution is 0.248. The smallest absolute Gasteiger partial charge is 0.0644 e. The van der Waals surface area contributed by atoms with Crippen LogP contribution in [0.1, 0.15) is 17.0 Å². The van der Waals surface area contributed by atoms with Gasteiger partial charge in [0.05, 0.1) is 18.8 Å². The van der Waals surface area contributed by atoms with Crippen LogP contribution in [0.25, 0.3) is 0 Å². The lowest BCUT2D eigenvalue weighted by atomic mass is 10.1. The summed E-state index contributed by atoms with van der Waals surface area (Å²) in [5.41, 5.74) is 4.72. The summed E-state index contributed by atoms with van der Waals surface area (Å²) >= 11 is 6.10. The summed E-state index contributed by atoms with van der Waals surface area (Å²) in [6, 6.07) is 8.07. The quantitative estimate of drug-likeness (QED) is 0.901. The van der Waals surface area contributed by atoms with Crippen molar-refractivity contribution in [1.82, 2.24) is 14.7 Å². The van der Waals surface area contributed by atoms with Crippen LogP contribution in [0.4, 0.5) is 5.69 Å². The third kappa shape index (κ3) is 3.74. The van der Waals surface area contributed by atoms with Crippen LogP contribution in [-0.2, 0) is 13.1 Å². The fourth-order valence-corrected chi connectivity index (χ4v) is 3.52. The van der Waals surface area contributed by atoms with Gasteiger partial charge in [0.25, 0.3) is 0 Å². The van der Waals surface area contributed by atoms with E-state index in [1.54, 1.807) is 0 Å². The molecule has 0 saturated carbocycles. The molecule has 1 aromatic carbocycles. The summed E-state index contributed by atoms with van der Waals surface area (Å²) in [6.45, 7) is 9.81. The Morgan fingerprint density at radius 1 is 1.17 bits per heavy atom. The van der Waals surface area contributed by atoms with E-state index in [0.717, 1.165) is 43.4 Å². The van der Waals surface area contributed by atoms with Crippen LogP contribution < -0.4 is 4.90 Å². The summed E-state index contributed by atoms with van der Waals surface area (Å²) in [7, 11) is 0. The second kappa shape index (κ2) is 7.55. The summed E-state index contributed by atoms with van der Waals surface area (Å²) < 4.78 is 1.91. The average Bonchev–Trinajstić information content (AvgIpc) is 2.83. The Bertz CT molecular complexity index is 692. The van der Waals surface area contributed by atoms with Crippen LogP contribution in [-0.4, -0.2) is 52.6 Å². The minimum Gasteiger partial charge on any atom is -0.394 e. The molecule has 0 radical (unpaired) electrons. The molecule has 1 aliphatic rings. The van der Waals surface area contributed by atoms with E-state index in [9.17, 15) is 0 Å². The Kier molecular flexibility index (Phi) is 5.43. The van der Waals surface area contributed by atoms with Crippen LogP contribution in [0.15, 0.2) is 24.3 Å². The number of anilines is 1. The highest BCUT2D eigenvalue weighted by molar-refractivity contribution is 6.30. The number of hydrogen-bond acceptors (Lipinski definition) is 4. The maximum absolute atomic E-state index is 9.14. The van der Waals surface area contributed by atoms with Crippen molar-refractivity contribution in [3.63, 3.8) is 0 Å². The Morgan fingerprint density at radius 3 is 2.58 bits per heavy atom. The monoisotopic (exact) mass is 348 g/mol. The highest BCUT2D eigenvalue weighted by Crippen LogP contribution is 2.22. The van der Waals surface area contributed by atoms with Gasteiger partial charge in [0.15, 0.2) is 0 Å². The molecule has 2 heterocycles. The molecule has 1 N–H and O–H groups in total. The predicted molar refractivity (Wildman–Crippen MR) is 97.7 cm³/mol. The second-order valence-electron chi connectivity index (χ2n) is 6.34. The topological polar surface area (TPSA) is 44.5 Å². The van der Waals surface area contributed by atoms with Gasteiger partial charge in [0.1, 0.15) is 0 Å². The van der Waals surface area contributed by atoms with Crippen LogP contribution in [0.3, 0.4) is 0 Å². The van der Waals surface area contributed by atoms with Crippen molar-refractivity contribution in [1.29, 1.82) is 0 Å². The van der Waals surface area contributed by atoms with Crippen LogP contribution in [0.5, 0.6) is 0 Å². The van der Waals surface area contributed by atoms with E-state index < -0.39 is 0 Å². The molecule has 1 aliphatic heterocycles. The van der Waals surface area contributed by atoms with Crippen molar-refractivity contribution in [2.24, 2.45) is 0 Å². The molecule has 0 spiro atoms. The number of aliphatic hydroxyl groups excluding tert-OH is 1. The lowest BCUT2D eigenvalue weighted by Crippen LogP contribution is -2.46. The van der Waals surface area contributed by atoms with E-state index >= 15 is 0 Å². The van der Waals surface area contributed by atoms with Crippen molar-refractivity contribution in [3.8, 4) is 0 Å². The number of hydrogen-bond donors (Lipinski definition) is 1. The van der Waals surface area contributed by atoms with E-state index in [-0.39, 0.29) is 6.61 Å². The van der Waals surface area contributed by atoms with Gasteiger partial charge in [0.2, 0.25) is 0 Å². The van der Waals surface area contributed by atoms with Crippen molar-refractivity contribution in [2.75, 3.05) is 37.7 Å². The third-order valence-electron chi connectivity index (χ3n) is 4.77. The zero-order valence-electron chi connectivity index (χ0n) is 14.4. The average molecular weight is 349 g/mol. The van der Waals surface area contributed by atoms with Crippen molar-refractivity contribution >= 4 is 17.3 Å². The molecule has 130 valence electrons. The Labute approximate surface area is 148 Å². The van der Waals surface area contributed by atoms with E-state index in [4.69, 9.17) is 16.7 Å². The van der Waals surface area contributed by atoms with Gasteiger partial charge in [-0.05, 0) is 32.0 Å². The molecule has 0 aliphatic carbocycles. The number of aryl methyl sites for hydroxylation is 1. The van der Waals surface area contributed by atoms with Gasteiger partial charge in [-0.1, -0.05) is 17.7 Å². The van der Waals surface area contributed by atoms with Crippen molar-refractivity contribution in [2.45, 2.75) is 26.9 Å². The highest BCUT2D eigenvalue weighted by Gasteiger charge is 2.20. The van der Waals surface area contributed by atoms with Crippen molar-refractivity contribution < 1.29 is 5.11 Å². The predicted octanol–water partition coefficient (Wildman–Crippen LogP) is 2.47. The molecule has 0 atom stereocenters. The first kappa shape index (κ1) is 17.3. The molecule has 24 heavy (non-hydrogen) atoms. The Balaban J connectivity index is 1.62. The van der Waals surface area contributed by atoms with E-state index in [1.807, 2.05) is 22.9 Å². The zero-order valence-corrected chi connectivity index (χ0v) is 15.1. The van der Waals surface area contributed by atoms with Gasteiger partial charge < -0.3 is 10.0 Å². The Morgan fingerprint density at radius 2 is 1.92 bits per heavy atom. The standard InChI is InChI=1S/C18H25ClN4O/c1-14-18(15(2)23(20-14)10-11-24)13-21-6-8-22(9-7-21)17-5-3-4-16(19)12-17/h3-5,12,24H,6-11,13H2,1-2H3. The van der Waals surface area contributed by atoms with Crippen LogP contribution >= 0.6 is 11.6 Å². The molecule has 0 bridgehead atoms. The molecule has 0 amide bonds. The van der Waals surface area contributed by atoms with Gasteiger partial charge in [-0.3, -0.25) is 9.58 Å². The minimum atomic E-state index is 0.125. The van der Waals surface area contributed by atoms with Crippen LogP contribution in [0.2, 0.25) is 5.02 Å². The molecule has 1 fully saturated rings. The normalized spacial score (nSPS) is 15.9. The zero-order chi connectivity index (χ0) is 17.1. The number of rotatable bonds is 5. The first-order valence-electron chi connectivity index (χ1n) is 8.45. The summed E-state index contributed by atoms with van der Waals surface area (Å²) in [5, 5.41) is 14.5. The molecular formula is C18H25ClN4O. The van der Waals surface area contributed by atoms with E-state index in [0.29, 0.717) is 6.54 Å². The molecule has 6 heteroatoms. The maximum atomic E-state index is 9.14. The van der Waals surface area contributed by atoms with Gasteiger partial charge in [-0.25, -0.2) is 0 Å². The van der Waals surface area contributed by atoms with E-state index in [2.05, 4.69) is 34.8 Å². The van der Waals surface area contributed by atoms with Gasteiger partial charge in [0, 0.05) is 54.7 Å². The number of aromatic nitrogens is 2. The number of nitrogens with zero attached hydrogens (tertiary/aromatic N) is 4. The lowest BCUT2D eigenvalue weighted by Gasteiger charge is -2.36. The highest BCUT2D eigenvalue weighted by atomic mass is 35.5. The molecular weight excluding hydrogens is 324 g/mol. The number of piperazine rings is 1. The number of benzene rings is 1. The number of aliphatic hydroxyl groups is 1. The molecule has 1 aromatic heterocycles. The van der Waals surface area contributed by atoms with E-state index in [1.165, 1.54) is 16.9 Å². The Hall–Kier alpha value is -1.56. The first-order valence-corrected chi connectivity index (χ1v) is 8.83. The number of halogens is 1. The summed E-state index contributed by atoms with van der Waals surface area (Å²) in [5.74, 6) is 0. The molecule has 1 saturated heterocycles. The second-order valence-corrected chi connectivity index (χ2v) is 6.78. The van der Waals surface area contributed by atoms with Crippen molar-refractivity contribution in [3.05, 3.63) is 46.2 Å². The third-order valence-corrected chi connectivity index (χ3v) is 5.01.